The number of nitrogens with zero attached hydrogens (tertiary/aromatic N) is 2. The predicted octanol–water partition coefficient (Wildman–Crippen LogP) is 4.51. The Labute approximate surface area is 162 Å². The summed E-state index contributed by atoms with van der Waals surface area (Å²) in [5.74, 6) is 0.852. The van der Waals surface area contributed by atoms with Crippen LogP contribution in [0.25, 0.3) is 6.08 Å². The zero-order valence-electron chi connectivity index (χ0n) is 13.3. The van der Waals surface area contributed by atoms with Gasteiger partial charge in [0.05, 0.1) is 22.1 Å². The standard InChI is InChI=1S/C16H19Br3N2O2/c1-20-7-4-5-11(20)16(22)21(2)8-6-10-9-12(23-3)14(18)15(19)13(10)17/h6,8-9,11H,4-5,7H2,1-3H3/b8-6+/t11-/m0/s1. The number of carbonyl (C=O) groups is 1. The molecule has 1 atom stereocenters. The van der Waals surface area contributed by atoms with Crippen molar-refractivity contribution >= 4 is 59.8 Å². The third-order valence-electron chi connectivity index (χ3n) is 3.99. The third-order valence-corrected chi connectivity index (χ3v) is 7.49. The van der Waals surface area contributed by atoms with Gasteiger partial charge in [-0.2, -0.15) is 0 Å². The molecule has 0 aromatic heterocycles. The average Bonchev–Trinajstić information content (AvgIpc) is 2.97. The van der Waals surface area contributed by atoms with Gasteiger partial charge in [0.25, 0.3) is 0 Å². The molecule has 1 aromatic carbocycles. The molecule has 1 saturated heterocycles. The number of likely N-dealkylation sites (tertiary alicyclic amines) is 1. The number of carbonyl (C=O) groups excluding carboxylic acids is 1. The molecule has 1 heterocycles. The summed E-state index contributed by atoms with van der Waals surface area (Å²) in [6.07, 6.45) is 5.70. The summed E-state index contributed by atoms with van der Waals surface area (Å²) >= 11 is 10.6. The Morgan fingerprint density at radius 3 is 2.61 bits per heavy atom. The molecule has 1 amide bonds. The van der Waals surface area contributed by atoms with E-state index >= 15 is 0 Å². The Kier molecular flexibility index (Phi) is 6.71. The molecule has 1 fully saturated rings. The van der Waals surface area contributed by atoms with Crippen molar-refractivity contribution in [2.24, 2.45) is 0 Å². The van der Waals surface area contributed by atoms with E-state index in [2.05, 4.69) is 52.7 Å². The lowest BCUT2D eigenvalue weighted by Gasteiger charge is -2.22. The first-order chi connectivity index (χ1) is 10.9. The number of ether oxygens (including phenoxy) is 1. The molecule has 0 radical (unpaired) electrons. The predicted molar refractivity (Wildman–Crippen MR) is 104 cm³/mol. The quantitative estimate of drug-likeness (QED) is 0.559. The maximum absolute atomic E-state index is 12.5. The van der Waals surface area contributed by atoms with E-state index in [-0.39, 0.29) is 11.9 Å². The van der Waals surface area contributed by atoms with Crippen LogP contribution in [-0.4, -0.2) is 49.5 Å². The lowest BCUT2D eigenvalue weighted by atomic mass is 10.2. The Hall–Kier alpha value is -0.370. The topological polar surface area (TPSA) is 32.8 Å². The maximum Gasteiger partial charge on any atom is 0.243 e. The highest BCUT2D eigenvalue weighted by Gasteiger charge is 2.29. The summed E-state index contributed by atoms with van der Waals surface area (Å²) in [6, 6.07) is 1.90. The smallest absolute Gasteiger partial charge is 0.243 e. The van der Waals surface area contributed by atoms with Crippen molar-refractivity contribution < 1.29 is 9.53 Å². The van der Waals surface area contributed by atoms with Crippen LogP contribution in [-0.2, 0) is 4.79 Å². The fourth-order valence-corrected chi connectivity index (χ4v) is 4.20. The van der Waals surface area contributed by atoms with E-state index in [1.54, 1.807) is 25.3 Å². The molecule has 0 bridgehead atoms. The van der Waals surface area contributed by atoms with E-state index in [1.165, 1.54) is 0 Å². The van der Waals surface area contributed by atoms with Gasteiger partial charge in [-0.15, -0.1) is 0 Å². The van der Waals surface area contributed by atoms with Crippen LogP contribution in [0, 0.1) is 0 Å². The number of hydrogen-bond acceptors (Lipinski definition) is 3. The van der Waals surface area contributed by atoms with Crippen molar-refractivity contribution in [1.29, 1.82) is 0 Å². The molecule has 126 valence electrons. The molecule has 0 spiro atoms. The second-order valence-corrected chi connectivity index (χ2v) is 7.89. The van der Waals surface area contributed by atoms with Gasteiger partial charge < -0.3 is 9.64 Å². The SMILES string of the molecule is COc1cc(/C=C/N(C)C(=O)[C@@H]2CCCN2C)c(Br)c(Br)c1Br. The zero-order valence-corrected chi connectivity index (χ0v) is 18.0. The largest absolute Gasteiger partial charge is 0.496 e. The Bertz CT molecular complexity index is 634. The Morgan fingerprint density at radius 2 is 2.04 bits per heavy atom. The van der Waals surface area contributed by atoms with Gasteiger partial charge >= 0.3 is 0 Å². The summed E-state index contributed by atoms with van der Waals surface area (Å²) in [6.45, 7) is 0.983. The lowest BCUT2D eigenvalue weighted by molar-refractivity contribution is -0.131. The Balaban J connectivity index is 2.19. The molecule has 0 aliphatic carbocycles. The fraction of sp³-hybridized carbons (Fsp3) is 0.438. The van der Waals surface area contributed by atoms with Gasteiger partial charge in [-0.3, -0.25) is 9.69 Å². The van der Waals surface area contributed by atoms with E-state index in [0.717, 1.165) is 44.1 Å². The van der Waals surface area contributed by atoms with Crippen LogP contribution in [0.2, 0.25) is 0 Å². The van der Waals surface area contributed by atoms with Crippen LogP contribution < -0.4 is 4.74 Å². The minimum atomic E-state index is -0.0146. The number of amides is 1. The van der Waals surface area contributed by atoms with Crippen molar-refractivity contribution in [2.45, 2.75) is 18.9 Å². The number of hydrogen-bond donors (Lipinski definition) is 0. The monoisotopic (exact) mass is 508 g/mol. The van der Waals surface area contributed by atoms with E-state index in [0.29, 0.717) is 0 Å². The molecule has 0 saturated carbocycles. The molecule has 1 aliphatic rings. The first-order valence-corrected chi connectivity index (χ1v) is 9.61. The molecular formula is C16H19Br3N2O2. The zero-order chi connectivity index (χ0) is 17.1. The third kappa shape index (κ3) is 4.18. The van der Waals surface area contributed by atoms with Gasteiger partial charge in [-0.05, 0) is 91.9 Å². The van der Waals surface area contributed by atoms with E-state index in [4.69, 9.17) is 4.74 Å². The minimum absolute atomic E-state index is 0.0146. The summed E-state index contributed by atoms with van der Waals surface area (Å²) in [5, 5.41) is 0. The number of benzene rings is 1. The maximum atomic E-state index is 12.5. The molecule has 0 unspecified atom stereocenters. The molecule has 0 N–H and O–H groups in total. The Morgan fingerprint density at radius 1 is 1.35 bits per heavy atom. The van der Waals surface area contributed by atoms with Gasteiger partial charge in [0, 0.05) is 17.7 Å². The summed E-state index contributed by atoms with van der Waals surface area (Å²) in [5.41, 5.74) is 0.927. The number of methoxy groups -OCH3 is 1. The van der Waals surface area contributed by atoms with Gasteiger partial charge in [-0.25, -0.2) is 0 Å². The first kappa shape index (κ1) is 19.0. The highest BCUT2D eigenvalue weighted by Crippen LogP contribution is 2.40. The molecular weight excluding hydrogens is 492 g/mol. The van der Waals surface area contributed by atoms with Crippen LogP contribution >= 0.6 is 47.8 Å². The van der Waals surface area contributed by atoms with Gasteiger partial charge in [0.1, 0.15) is 5.75 Å². The molecule has 1 aromatic rings. The normalized spacial score (nSPS) is 18.6. The molecule has 23 heavy (non-hydrogen) atoms. The van der Waals surface area contributed by atoms with Crippen molar-refractivity contribution in [3.63, 3.8) is 0 Å². The second kappa shape index (κ2) is 8.14. The van der Waals surface area contributed by atoms with Gasteiger partial charge in [0.2, 0.25) is 5.91 Å². The van der Waals surface area contributed by atoms with Crippen molar-refractivity contribution in [1.82, 2.24) is 9.80 Å². The van der Waals surface area contributed by atoms with Crippen molar-refractivity contribution in [2.75, 3.05) is 27.7 Å². The van der Waals surface area contributed by atoms with Crippen molar-refractivity contribution in [3.8, 4) is 5.75 Å². The molecule has 1 aliphatic heterocycles. The fourth-order valence-electron chi connectivity index (χ4n) is 2.59. The average molecular weight is 511 g/mol. The number of rotatable bonds is 4. The second-order valence-electron chi connectivity index (χ2n) is 5.51. The van der Waals surface area contributed by atoms with Crippen LogP contribution in [0.15, 0.2) is 25.7 Å². The summed E-state index contributed by atoms with van der Waals surface area (Å²) < 4.78 is 7.98. The number of likely N-dealkylation sites (N-methyl/N-ethyl adjacent to an activating group) is 2. The van der Waals surface area contributed by atoms with Crippen LogP contribution in [0.1, 0.15) is 18.4 Å². The number of halogens is 3. The van der Waals surface area contributed by atoms with Gasteiger partial charge in [0.15, 0.2) is 0 Å². The molecule has 4 nitrogen and oxygen atoms in total. The van der Waals surface area contributed by atoms with Crippen LogP contribution in [0.4, 0.5) is 0 Å². The van der Waals surface area contributed by atoms with E-state index in [9.17, 15) is 4.79 Å². The van der Waals surface area contributed by atoms with Gasteiger partial charge in [-0.1, -0.05) is 0 Å². The molecule has 7 heteroatoms. The summed E-state index contributed by atoms with van der Waals surface area (Å²) in [7, 11) is 5.42. The van der Waals surface area contributed by atoms with E-state index in [1.807, 2.05) is 19.2 Å². The van der Waals surface area contributed by atoms with Crippen molar-refractivity contribution in [3.05, 3.63) is 31.2 Å². The highest BCUT2D eigenvalue weighted by molar-refractivity contribution is 9.14. The summed E-state index contributed by atoms with van der Waals surface area (Å²) in [4.78, 5) is 16.3. The lowest BCUT2D eigenvalue weighted by Crippen LogP contribution is -2.40. The highest BCUT2D eigenvalue weighted by atomic mass is 79.9. The first-order valence-electron chi connectivity index (χ1n) is 7.23. The molecule has 2 rings (SSSR count). The minimum Gasteiger partial charge on any atom is -0.496 e. The van der Waals surface area contributed by atoms with E-state index < -0.39 is 0 Å². The van der Waals surface area contributed by atoms with Crippen LogP contribution in [0.3, 0.4) is 0 Å². The van der Waals surface area contributed by atoms with Crippen LogP contribution in [0.5, 0.6) is 5.75 Å².